The van der Waals surface area contributed by atoms with Crippen LogP contribution in [-0.2, 0) is 9.84 Å². The lowest BCUT2D eigenvalue weighted by Crippen LogP contribution is -2.55. The van der Waals surface area contributed by atoms with Crippen LogP contribution in [0.15, 0.2) is 82.6 Å². The van der Waals surface area contributed by atoms with Crippen molar-refractivity contribution in [3.8, 4) is 0 Å². The van der Waals surface area contributed by atoms with Gasteiger partial charge in [0.25, 0.3) is 11.8 Å². The minimum atomic E-state index is -3.90. The number of amides is 2. The molecule has 172 valence electrons. The van der Waals surface area contributed by atoms with Crippen LogP contribution in [-0.4, -0.2) is 30.8 Å². The Morgan fingerprint density at radius 2 is 1.39 bits per heavy atom. The summed E-state index contributed by atoms with van der Waals surface area (Å²) in [5, 5.41) is 1.70. The average molecular weight is 505 g/mol. The highest BCUT2D eigenvalue weighted by Gasteiger charge is 2.31. The molecule has 0 fully saturated rings. The van der Waals surface area contributed by atoms with Crippen LogP contribution in [0.2, 0.25) is 10.0 Å². The van der Waals surface area contributed by atoms with Crippen LogP contribution in [0, 0.1) is 0 Å². The Hall–Kier alpha value is -2.87. The van der Waals surface area contributed by atoms with Gasteiger partial charge in [-0.15, -0.1) is 0 Å². The van der Waals surface area contributed by atoms with Gasteiger partial charge in [0.1, 0.15) is 0 Å². The molecule has 0 aliphatic carbocycles. The maximum Gasteiger partial charge on any atom is 0.272 e. The van der Waals surface area contributed by atoms with Crippen molar-refractivity contribution in [2.45, 2.75) is 36.1 Å². The van der Waals surface area contributed by atoms with Crippen molar-refractivity contribution in [1.29, 1.82) is 0 Å². The third-order valence-corrected chi connectivity index (χ3v) is 6.89. The van der Waals surface area contributed by atoms with E-state index in [9.17, 15) is 18.0 Å². The fourth-order valence-electron chi connectivity index (χ4n) is 3.00. The molecule has 0 atom stereocenters. The second-order valence-electron chi connectivity index (χ2n) is 8.25. The molecule has 0 spiro atoms. The summed E-state index contributed by atoms with van der Waals surface area (Å²) in [6.45, 7) is 5.21. The Balaban J connectivity index is 1.98. The Kier molecular flexibility index (Phi) is 7.17. The number of nitrogens with zero attached hydrogens (tertiary/aromatic N) is 1. The molecular weight excluding hydrogens is 483 g/mol. The first-order valence-electron chi connectivity index (χ1n) is 9.91. The Morgan fingerprint density at radius 1 is 0.788 bits per heavy atom. The van der Waals surface area contributed by atoms with Gasteiger partial charge in [0.05, 0.1) is 15.3 Å². The third-order valence-electron chi connectivity index (χ3n) is 4.68. The normalized spacial score (nSPS) is 11.7. The second-order valence-corrected chi connectivity index (χ2v) is 11.1. The Labute approximate surface area is 203 Å². The van der Waals surface area contributed by atoms with E-state index in [1.54, 1.807) is 51.1 Å². The summed E-state index contributed by atoms with van der Waals surface area (Å²) in [7, 11) is -3.90. The van der Waals surface area contributed by atoms with Crippen LogP contribution in [0.25, 0.3) is 0 Å². The van der Waals surface area contributed by atoms with Gasteiger partial charge in [-0.25, -0.2) is 13.4 Å². The molecule has 0 aliphatic heterocycles. The van der Waals surface area contributed by atoms with Gasteiger partial charge >= 0.3 is 0 Å². The molecule has 2 amide bonds. The van der Waals surface area contributed by atoms with Gasteiger partial charge in [-0.05, 0) is 75.4 Å². The van der Waals surface area contributed by atoms with E-state index in [1.165, 1.54) is 42.5 Å². The summed E-state index contributed by atoms with van der Waals surface area (Å²) >= 11 is 12.1. The fraction of sp³-hybridized carbons (Fsp3) is 0.167. The number of rotatable bonds is 4. The molecule has 3 aromatic carbocycles. The van der Waals surface area contributed by atoms with Crippen LogP contribution in [0.3, 0.4) is 0 Å². The summed E-state index contributed by atoms with van der Waals surface area (Å²) in [4.78, 5) is 26.1. The second kappa shape index (κ2) is 9.55. The summed E-state index contributed by atoms with van der Waals surface area (Å²) < 4.78 is 26.1. The number of hydrazine groups is 1. The first-order valence-corrected chi connectivity index (χ1v) is 12.2. The van der Waals surface area contributed by atoms with Gasteiger partial charge in [0.2, 0.25) is 9.84 Å². The summed E-state index contributed by atoms with van der Waals surface area (Å²) in [5.41, 5.74) is 2.10. The van der Waals surface area contributed by atoms with E-state index >= 15 is 0 Å². The number of sulfone groups is 1. The molecular formula is C24H22Cl2N2O4S. The van der Waals surface area contributed by atoms with Gasteiger partial charge < -0.3 is 0 Å². The van der Waals surface area contributed by atoms with Crippen LogP contribution >= 0.6 is 23.2 Å². The number of halogens is 2. The van der Waals surface area contributed by atoms with Gasteiger partial charge in [0, 0.05) is 21.2 Å². The van der Waals surface area contributed by atoms with E-state index in [-0.39, 0.29) is 20.4 Å². The lowest BCUT2D eigenvalue weighted by Gasteiger charge is -2.35. The molecule has 1 N–H and O–H groups in total. The number of hydrogen-bond acceptors (Lipinski definition) is 4. The zero-order valence-corrected chi connectivity index (χ0v) is 20.5. The highest BCUT2D eigenvalue weighted by Crippen LogP contribution is 2.27. The van der Waals surface area contributed by atoms with Crippen molar-refractivity contribution in [3.05, 3.63) is 94.0 Å². The molecule has 3 rings (SSSR count). The molecule has 3 aromatic rings. The minimum Gasteiger partial charge on any atom is -0.267 e. The minimum absolute atomic E-state index is 0.0170. The first kappa shape index (κ1) is 24.8. The first-order chi connectivity index (χ1) is 15.4. The average Bonchev–Trinajstić information content (AvgIpc) is 2.76. The zero-order valence-electron chi connectivity index (χ0n) is 18.2. The maximum atomic E-state index is 13.4. The summed E-state index contributed by atoms with van der Waals surface area (Å²) in [6, 6.07) is 18.0. The molecule has 0 saturated heterocycles. The SMILES string of the molecule is CC(C)(C)N(NC(=O)c1ccc(Cl)cc1)C(=O)c1cc(Cl)cc(S(=O)(=O)c2ccccc2)c1. The lowest BCUT2D eigenvalue weighted by atomic mass is 10.1. The van der Waals surface area contributed by atoms with Crippen molar-refractivity contribution < 1.29 is 18.0 Å². The van der Waals surface area contributed by atoms with Gasteiger partial charge in [-0.3, -0.25) is 15.0 Å². The maximum absolute atomic E-state index is 13.4. The molecule has 0 saturated carbocycles. The van der Waals surface area contributed by atoms with E-state index < -0.39 is 27.2 Å². The molecule has 33 heavy (non-hydrogen) atoms. The van der Waals surface area contributed by atoms with E-state index in [4.69, 9.17) is 23.2 Å². The monoisotopic (exact) mass is 504 g/mol. The van der Waals surface area contributed by atoms with Gasteiger partial charge in [-0.2, -0.15) is 0 Å². The topological polar surface area (TPSA) is 83.6 Å². The fourth-order valence-corrected chi connectivity index (χ4v) is 4.77. The zero-order chi connectivity index (χ0) is 24.4. The van der Waals surface area contributed by atoms with E-state index in [2.05, 4.69) is 5.43 Å². The Bertz CT molecular complexity index is 1290. The number of carbonyl (C=O) groups is 2. The van der Waals surface area contributed by atoms with E-state index in [0.29, 0.717) is 10.6 Å². The lowest BCUT2D eigenvalue weighted by molar-refractivity contribution is 0.0358. The highest BCUT2D eigenvalue weighted by molar-refractivity contribution is 7.91. The molecule has 0 aliphatic rings. The van der Waals surface area contributed by atoms with Crippen molar-refractivity contribution in [2.24, 2.45) is 0 Å². The van der Waals surface area contributed by atoms with E-state index in [0.717, 1.165) is 5.01 Å². The van der Waals surface area contributed by atoms with Gasteiger partial charge in [0.15, 0.2) is 0 Å². The van der Waals surface area contributed by atoms with Crippen molar-refractivity contribution in [2.75, 3.05) is 0 Å². The molecule has 0 radical (unpaired) electrons. The van der Waals surface area contributed by atoms with Crippen LogP contribution in [0.5, 0.6) is 0 Å². The standard InChI is InChI=1S/C24H22Cl2N2O4S/c1-24(2,3)28(27-22(29)16-9-11-18(25)12-10-16)23(30)17-13-19(26)15-21(14-17)33(31,32)20-7-5-4-6-8-20/h4-15H,1-3H3,(H,27,29). The molecule has 9 heteroatoms. The number of carbonyl (C=O) groups excluding carboxylic acids is 2. The molecule has 0 heterocycles. The van der Waals surface area contributed by atoms with E-state index in [1.807, 2.05) is 0 Å². The number of hydrogen-bond donors (Lipinski definition) is 1. The number of nitrogens with one attached hydrogen (secondary N) is 1. The van der Waals surface area contributed by atoms with Crippen LogP contribution in [0.1, 0.15) is 41.5 Å². The highest BCUT2D eigenvalue weighted by atomic mass is 35.5. The quantitative estimate of drug-likeness (QED) is 0.481. The van der Waals surface area contributed by atoms with Crippen molar-refractivity contribution >= 4 is 44.9 Å². The summed E-state index contributed by atoms with van der Waals surface area (Å²) in [6.07, 6.45) is 0. The predicted octanol–water partition coefficient (Wildman–Crippen LogP) is 5.41. The smallest absolute Gasteiger partial charge is 0.267 e. The molecule has 6 nitrogen and oxygen atoms in total. The van der Waals surface area contributed by atoms with Crippen molar-refractivity contribution in [3.63, 3.8) is 0 Å². The predicted molar refractivity (Wildman–Crippen MR) is 128 cm³/mol. The van der Waals surface area contributed by atoms with Crippen LogP contribution in [0.4, 0.5) is 0 Å². The number of benzene rings is 3. The third kappa shape index (κ3) is 5.74. The molecule has 0 bridgehead atoms. The largest absolute Gasteiger partial charge is 0.272 e. The summed E-state index contributed by atoms with van der Waals surface area (Å²) in [5.74, 6) is -1.13. The molecule has 0 unspecified atom stereocenters. The van der Waals surface area contributed by atoms with Gasteiger partial charge in [-0.1, -0.05) is 41.4 Å². The molecule has 0 aromatic heterocycles. The Morgan fingerprint density at radius 3 is 1.97 bits per heavy atom. The van der Waals surface area contributed by atoms with Crippen molar-refractivity contribution in [1.82, 2.24) is 10.4 Å². The van der Waals surface area contributed by atoms with Crippen LogP contribution < -0.4 is 5.43 Å².